The van der Waals surface area contributed by atoms with E-state index in [0.29, 0.717) is 30.5 Å². The summed E-state index contributed by atoms with van der Waals surface area (Å²) in [4.78, 5) is 13.0. The minimum atomic E-state index is -0.649. The Morgan fingerprint density at radius 2 is 1.80 bits per heavy atom. The number of hydrogen-bond acceptors (Lipinski definition) is 4. The Hall–Kier alpha value is -1.23. The van der Waals surface area contributed by atoms with Crippen LogP contribution < -0.4 is 0 Å². The summed E-state index contributed by atoms with van der Waals surface area (Å²) < 4.78 is 0. The fourth-order valence-corrected chi connectivity index (χ4v) is 8.71. The maximum atomic E-state index is 13.0. The Morgan fingerprint density at radius 3 is 2.52 bits per heavy atom. The Labute approximate surface area is 244 Å². The van der Waals surface area contributed by atoms with Gasteiger partial charge in [-0.05, 0) is 105 Å². The van der Waals surface area contributed by atoms with Gasteiger partial charge in [-0.25, -0.2) is 0 Å². The highest BCUT2D eigenvalue weighted by Crippen LogP contribution is 2.60. The predicted octanol–water partition coefficient (Wildman–Crippen LogP) is 8.00. The van der Waals surface area contributed by atoms with E-state index >= 15 is 0 Å². The molecule has 0 saturated heterocycles. The lowest BCUT2D eigenvalue weighted by Crippen LogP contribution is -2.39. The first-order valence-corrected chi connectivity index (χ1v) is 16.8. The van der Waals surface area contributed by atoms with Crippen molar-refractivity contribution in [3.05, 3.63) is 35.5 Å². The van der Waals surface area contributed by atoms with Crippen LogP contribution >= 0.6 is 0 Å². The number of carbonyl (C=O) groups is 1. The first kappa shape index (κ1) is 31.7. The third kappa shape index (κ3) is 7.21. The fraction of sp³-hybridized carbons (Fsp3) is 0.806. The fourth-order valence-electron chi connectivity index (χ4n) is 8.71. The van der Waals surface area contributed by atoms with E-state index in [1.54, 1.807) is 0 Å². The summed E-state index contributed by atoms with van der Waals surface area (Å²) in [6.45, 7) is 11.0. The second-order valence-corrected chi connectivity index (χ2v) is 14.4. The van der Waals surface area contributed by atoms with Crippen LogP contribution in [0.3, 0.4) is 0 Å². The van der Waals surface area contributed by atoms with Crippen molar-refractivity contribution in [1.82, 2.24) is 0 Å². The molecule has 226 valence electrons. The highest BCUT2D eigenvalue weighted by Gasteiger charge is 2.53. The molecule has 40 heavy (non-hydrogen) atoms. The summed E-state index contributed by atoms with van der Waals surface area (Å²) >= 11 is 0. The van der Waals surface area contributed by atoms with Crippen molar-refractivity contribution in [2.24, 2.45) is 28.6 Å². The molecule has 0 aromatic heterocycles. The summed E-state index contributed by atoms with van der Waals surface area (Å²) in [7, 11) is 0. The van der Waals surface area contributed by atoms with Gasteiger partial charge in [0.2, 0.25) is 0 Å². The molecule has 4 rings (SSSR count). The van der Waals surface area contributed by atoms with Crippen LogP contribution in [0.15, 0.2) is 35.5 Å². The number of rotatable bonds is 14. The molecule has 7 atom stereocenters. The molecular formula is C36H58O4. The standard InChI is InChI=1S/C36H58O4/c1-5-6-7-8-9-10-13-34(40)36(21-22-36)20-18-32(38)26(3)30-16-17-31-27(12-11-19-35(30,31)4)14-15-28-23-29(37)24-33(39)25(28)2/h14-15,26,29-33,37-39H,2,5-13,16-24H2,1,3-4H3/b27-14+,28-15-/t26-,29+,30+,31-,32-,33-,35+/m0/s1. The second-order valence-electron chi connectivity index (χ2n) is 14.4. The normalized spacial score (nSPS) is 35.1. The van der Waals surface area contributed by atoms with Gasteiger partial charge in [-0.3, -0.25) is 4.79 Å². The number of Topliss-reactive ketones (excluding diaryl/α,β-unsaturated/α-hetero) is 1. The number of ketones is 1. The molecule has 0 aromatic carbocycles. The van der Waals surface area contributed by atoms with Crippen molar-refractivity contribution in [2.75, 3.05) is 0 Å². The van der Waals surface area contributed by atoms with Crippen molar-refractivity contribution < 1.29 is 20.1 Å². The van der Waals surface area contributed by atoms with Crippen LogP contribution in [-0.4, -0.2) is 39.4 Å². The Bertz CT molecular complexity index is 942. The number of allylic oxidation sites excluding steroid dienone is 3. The van der Waals surface area contributed by atoms with Crippen molar-refractivity contribution in [1.29, 1.82) is 0 Å². The molecule has 4 nitrogen and oxygen atoms in total. The zero-order valence-electron chi connectivity index (χ0n) is 25.8. The summed E-state index contributed by atoms with van der Waals surface area (Å²) in [5.74, 6) is 1.72. The van der Waals surface area contributed by atoms with Gasteiger partial charge >= 0.3 is 0 Å². The molecule has 0 unspecified atom stereocenters. The van der Waals surface area contributed by atoms with Gasteiger partial charge < -0.3 is 15.3 Å². The topological polar surface area (TPSA) is 77.8 Å². The number of fused-ring (bicyclic) bond motifs is 1. The van der Waals surface area contributed by atoms with E-state index in [1.807, 2.05) is 0 Å². The van der Waals surface area contributed by atoms with Gasteiger partial charge in [0.15, 0.2) is 0 Å². The summed E-state index contributed by atoms with van der Waals surface area (Å²) in [6, 6.07) is 0. The molecule has 0 spiro atoms. The van der Waals surface area contributed by atoms with Gasteiger partial charge in [-0.2, -0.15) is 0 Å². The lowest BCUT2D eigenvalue weighted by Gasteiger charge is -2.45. The second kappa shape index (κ2) is 13.8. The molecular weight excluding hydrogens is 496 g/mol. The molecule has 0 radical (unpaired) electrons. The van der Waals surface area contributed by atoms with Gasteiger partial charge in [-0.15, -0.1) is 0 Å². The lowest BCUT2D eigenvalue weighted by atomic mass is 9.60. The van der Waals surface area contributed by atoms with Crippen molar-refractivity contribution in [3.8, 4) is 0 Å². The molecule has 4 aliphatic rings. The number of carbonyl (C=O) groups excluding carboxylic acids is 1. The number of aliphatic hydroxyl groups excluding tert-OH is 3. The average Bonchev–Trinajstić information content (AvgIpc) is 3.64. The summed E-state index contributed by atoms with van der Waals surface area (Å²) in [5, 5.41) is 31.8. The van der Waals surface area contributed by atoms with Gasteiger partial charge in [-0.1, -0.05) is 77.2 Å². The van der Waals surface area contributed by atoms with Crippen LogP contribution in [0.1, 0.15) is 136 Å². The minimum Gasteiger partial charge on any atom is -0.393 e. The molecule has 4 heteroatoms. The highest BCUT2D eigenvalue weighted by molar-refractivity contribution is 5.87. The third-order valence-electron chi connectivity index (χ3n) is 11.7. The smallest absolute Gasteiger partial charge is 0.139 e. The Balaban J connectivity index is 1.31. The number of aliphatic hydroxyl groups is 3. The van der Waals surface area contributed by atoms with E-state index in [1.165, 1.54) is 56.9 Å². The van der Waals surface area contributed by atoms with Gasteiger partial charge in [0.25, 0.3) is 0 Å². The van der Waals surface area contributed by atoms with Crippen LogP contribution in [0.5, 0.6) is 0 Å². The first-order valence-electron chi connectivity index (χ1n) is 16.8. The van der Waals surface area contributed by atoms with Crippen LogP contribution in [0.25, 0.3) is 0 Å². The molecule has 0 heterocycles. The molecule has 0 bridgehead atoms. The third-order valence-corrected chi connectivity index (χ3v) is 11.7. The van der Waals surface area contributed by atoms with Gasteiger partial charge in [0.1, 0.15) is 5.78 Å². The Morgan fingerprint density at radius 1 is 1.07 bits per heavy atom. The molecule has 4 aliphatic carbocycles. The Kier molecular flexibility index (Phi) is 11.0. The van der Waals surface area contributed by atoms with Crippen molar-refractivity contribution in [2.45, 2.75) is 155 Å². The van der Waals surface area contributed by atoms with E-state index in [-0.39, 0.29) is 22.9 Å². The lowest BCUT2D eigenvalue weighted by molar-refractivity contribution is -0.124. The molecule has 0 amide bonds. The van der Waals surface area contributed by atoms with Crippen LogP contribution in [-0.2, 0) is 4.79 Å². The maximum absolute atomic E-state index is 13.0. The van der Waals surface area contributed by atoms with E-state index < -0.39 is 12.2 Å². The maximum Gasteiger partial charge on any atom is 0.139 e. The average molecular weight is 555 g/mol. The van der Waals surface area contributed by atoms with E-state index in [0.717, 1.165) is 62.5 Å². The molecule has 0 aromatic rings. The number of hydrogen-bond donors (Lipinski definition) is 3. The predicted molar refractivity (Wildman–Crippen MR) is 164 cm³/mol. The quantitative estimate of drug-likeness (QED) is 0.190. The first-order chi connectivity index (χ1) is 19.1. The van der Waals surface area contributed by atoms with E-state index in [2.05, 4.69) is 39.5 Å². The van der Waals surface area contributed by atoms with Gasteiger partial charge in [0.05, 0.1) is 18.3 Å². The van der Waals surface area contributed by atoms with Crippen LogP contribution in [0, 0.1) is 28.6 Å². The molecule has 4 saturated carbocycles. The highest BCUT2D eigenvalue weighted by atomic mass is 16.3. The van der Waals surface area contributed by atoms with E-state index in [4.69, 9.17) is 0 Å². The zero-order valence-corrected chi connectivity index (χ0v) is 25.8. The SMILES string of the molecule is C=C1/C(=C\C=C2/CCC[C@]3(C)[C@@H]([C@H](C)[C@@H](O)CCC4(C(=O)CCCCCCCC)CC4)CC[C@@H]23)C[C@@H](O)C[C@@H]1O. The van der Waals surface area contributed by atoms with Crippen molar-refractivity contribution in [3.63, 3.8) is 0 Å². The summed E-state index contributed by atoms with van der Waals surface area (Å²) in [5.41, 5.74) is 3.29. The van der Waals surface area contributed by atoms with Crippen LogP contribution in [0.2, 0.25) is 0 Å². The van der Waals surface area contributed by atoms with Crippen LogP contribution in [0.4, 0.5) is 0 Å². The van der Waals surface area contributed by atoms with E-state index in [9.17, 15) is 20.1 Å². The summed E-state index contributed by atoms with van der Waals surface area (Å²) in [6.07, 6.45) is 21.3. The van der Waals surface area contributed by atoms with Gasteiger partial charge in [0, 0.05) is 18.3 Å². The monoisotopic (exact) mass is 554 g/mol. The van der Waals surface area contributed by atoms with Crippen molar-refractivity contribution >= 4 is 5.78 Å². The zero-order chi connectivity index (χ0) is 28.9. The minimum absolute atomic E-state index is 0.120. The number of unbranched alkanes of at least 4 members (excludes halogenated alkanes) is 5. The molecule has 0 aliphatic heterocycles. The molecule has 4 fully saturated rings. The largest absolute Gasteiger partial charge is 0.393 e. The molecule has 3 N–H and O–H groups in total.